The van der Waals surface area contributed by atoms with Gasteiger partial charge in [-0.05, 0) is 33.2 Å². The summed E-state index contributed by atoms with van der Waals surface area (Å²) in [7, 11) is 0. The molecule has 1 aromatic heterocycles. The quantitative estimate of drug-likeness (QED) is 0.825. The van der Waals surface area contributed by atoms with Crippen LogP contribution >= 0.6 is 0 Å². The van der Waals surface area contributed by atoms with Crippen LogP contribution in [0.4, 0.5) is 10.6 Å². The summed E-state index contributed by atoms with van der Waals surface area (Å²) in [4.78, 5) is 25.6. The van der Waals surface area contributed by atoms with E-state index in [0.717, 1.165) is 38.0 Å². The molecular formula is C19H28N4O3. The van der Waals surface area contributed by atoms with Crippen molar-refractivity contribution in [1.29, 1.82) is 0 Å². The van der Waals surface area contributed by atoms with E-state index in [0.29, 0.717) is 37.5 Å². The van der Waals surface area contributed by atoms with Gasteiger partial charge in [0.15, 0.2) is 5.82 Å². The summed E-state index contributed by atoms with van der Waals surface area (Å²) < 4.78 is 11.1. The lowest BCUT2D eigenvalue weighted by atomic mass is 9.94. The van der Waals surface area contributed by atoms with Gasteiger partial charge in [0.2, 0.25) is 0 Å². The maximum atomic E-state index is 12.3. The van der Waals surface area contributed by atoms with Gasteiger partial charge in [-0.2, -0.15) is 0 Å². The van der Waals surface area contributed by atoms with E-state index >= 15 is 0 Å². The van der Waals surface area contributed by atoms with Crippen molar-refractivity contribution < 1.29 is 14.3 Å². The normalized spacial score (nSPS) is 26.5. The highest BCUT2D eigenvalue weighted by atomic mass is 16.6. The van der Waals surface area contributed by atoms with Crippen molar-refractivity contribution in [1.82, 2.24) is 14.9 Å². The Bertz CT molecular complexity index is 643. The fourth-order valence-electron chi connectivity index (χ4n) is 4.20. The molecule has 26 heavy (non-hydrogen) atoms. The zero-order valence-electron chi connectivity index (χ0n) is 15.7. The van der Waals surface area contributed by atoms with E-state index in [2.05, 4.69) is 28.7 Å². The van der Waals surface area contributed by atoms with E-state index in [-0.39, 0.29) is 6.09 Å². The SMILES string of the molecule is CC(C)N1CCC[C@@H](c2cnc(N3CC4(CCOCC4)OC3=O)cn2)C1. The Hall–Kier alpha value is -1.73. The van der Waals surface area contributed by atoms with Crippen LogP contribution in [0.25, 0.3) is 0 Å². The largest absolute Gasteiger partial charge is 0.440 e. The highest BCUT2D eigenvalue weighted by Gasteiger charge is 2.47. The number of anilines is 1. The second-order valence-electron chi connectivity index (χ2n) is 7.98. The summed E-state index contributed by atoms with van der Waals surface area (Å²) in [5, 5.41) is 0. The van der Waals surface area contributed by atoms with Gasteiger partial charge in [0, 0.05) is 31.3 Å². The first-order chi connectivity index (χ1) is 12.6. The molecule has 0 unspecified atom stereocenters. The van der Waals surface area contributed by atoms with Crippen molar-refractivity contribution in [2.24, 2.45) is 0 Å². The Kier molecular flexibility index (Phi) is 4.84. The highest BCUT2D eigenvalue weighted by molar-refractivity contribution is 5.89. The maximum Gasteiger partial charge on any atom is 0.416 e. The lowest BCUT2D eigenvalue weighted by Gasteiger charge is -2.35. The molecular weight excluding hydrogens is 332 g/mol. The zero-order chi connectivity index (χ0) is 18.1. The van der Waals surface area contributed by atoms with Crippen LogP contribution in [0.1, 0.15) is 51.1 Å². The molecule has 3 fully saturated rings. The van der Waals surface area contributed by atoms with E-state index in [1.54, 1.807) is 11.1 Å². The predicted octanol–water partition coefficient (Wildman–Crippen LogP) is 2.57. The van der Waals surface area contributed by atoms with Gasteiger partial charge in [0.25, 0.3) is 0 Å². The van der Waals surface area contributed by atoms with Crippen LogP contribution in [0.5, 0.6) is 0 Å². The minimum absolute atomic E-state index is 0.322. The van der Waals surface area contributed by atoms with Gasteiger partial charge in [-0.15, -0.1) is 0 Å². The fraction of sp³-hybridized carbons (Fsp3) is 0.737. The lowest BCUT2D eigenvalue weighted by Crippen LogP contribution is -2.40. The summed E-state index contributed by atoms with van der Waals surface area (Å²) in [6.45, 7) is 8.48. The number of carbonyl (C=O) groups excluding carboxylic acids is 1. The number of ether oxygens (including phenoxy) is 2. The molecule has 0 aliphatic carbocycles. The molecule has 142 valence electrons. The van der Waals surface area contributed by atoms with Gasteiger partial charge in [-0.25, -0.2) is 9.78 Å². The predicted molar refractivity (Wildman–Crippen MR) is 97.3 cm³/mol. The van der Waals surface area contributed by atoms with E-state index in [1.165, 1.54) is 6.42 Å². The second kappa shape index (κ2) is 7.12. The van der Waals surface area contributed by atoms with Gasteiger partial charge in [0.05, 0.1) is 37.8 Å². The van der Waals surface area contributed by atoms with Crippen molar-refractivity contribution in [2.75, 3.05) is 37.7 Å². The lowest BCUT2D eigenvalue weighted by molar-refractivity contribution is -0.0431. The summed E-state index contributed by atoms with van der Waals surface area (Å²) in [6, 6.07) is 0.556. The van der Waals surface area contributed by atoms with Crippen molar-refractivity contribution in [3.8, 4) is 0 Å². The third kappa shape index (κ3) is 3.42. The van der Waals surface area contributed by atoms with Crippen LogP contribution in [0.2, 0.25) is 0 Å². The minimum atomic E-state index is -0.420. The molecule has 1 atom stereocenters. The standard InChI is InChI=1S/C19H28N4O3/c1-14(2)22-7-3-4-15(12-22)16-10-21-17(11-20-16)23-13-19(26-18(23)24)5-8-25-9-6-19/h10-11,14-15H,3-9,12-13H2,1-2H3/t15-/m1/s1. The second-order valence-corrected chi connectivity index (χ2v) is 7.98. The van der Waals surface area contributed by atoms with Gasteiger partial charge >= 0.3 is 6.09 Å². The van der Waals surface area contributed by atoms with Gasteiger partial charge in [0.1, 0.15) is 5.60 Å². The van der Waals surface area contributed by atoms with E-state index in [4.69, 9.17) is 9.47 Å². The molecule has 3 saturated heterocycles. The maximum absolute atomic E-state index is 12.3. The molecule has 7 heteroatoms. The molecule has 0 aromatic carbocycles. The molecule has 0 N–H and O–H groups in total. The number of amides is 1. The first-order valence-corrected chi connectivity index (χ1v) is 9.71. The van der Waals surface area contributed by atoms with Gasteiger partial charge in [-0.3, -0.25) is 9.88 Å². The van der Waals surface area contributed by atoms with Crippen molar-refractivity contribution >= 4 is 11.9 Å². The molecule has 4 heterocycles. The number of nitrogens with zero attached hydrogens (tertiary/aromatic N) is 4. The number of hydrogen-bond donors (Lipinski definition) is 0. The number of likely N-dealkylation sites (tertiary alicyclic amines) is 1. The molecule has 0 saturated carbocycles. The number of carbonyl (C=O) groups is 1. The van der Waals surface area contributed by atoms with Crippen molar-refractivity contribution in [3.63, 3.8) is 0 Å². The average Bonchev–Trinajstić information content (AvgIpc) is 2.98. The summed E-state index contributed by atoms with van der Waals surface area (Å²) in [5.41, 5.74) is 0.601. The first kappa shape index (κ1) is 17.7. The molecule has 7 nitrogen and oxygen atoms in total. The van der Waals surface area contributed by atoms with E-state index in [1.807, 2.05) is 6.20 Å². The smallest absolute Gasteiger partial charge is 0.416 e. The number of aromatic nitrogens is 2. The van der Waals surface area contributed by atoms with Crippen LogP contribution in [-0.4, -0.2) is 65.5 Å². The van der Waals surface area contributed by atoms with E-state index < -0.39 is 5.60 Å². The topological polar surface area (TPSA) is 67.8 Å². The van der Waals surface area contributed by atoms with Crippen molar-refractivity contribution in [3.05, 3.63) is 18.1 Å². The van der Waals surface area contributed by atoms with Crippen molar-refractivity contribution in [2.45, 2.75) is 57.1 Å². The Morgan fingerprint density at radius 2 is 2.04 bits per heavy atom. The highest BCUT2D eigenvalue weighted by Crippen LogP contribution is 2.34. The molecule has 4 rings (SSSR count). The number of rotatable bonds is 3. The average molecular weight is 360 g/mol. The third-order valence-corrected chi connectivity index (χ3v) is 5.91. The summed E-state index contributed by atoms with van der Waals surface area (Å²) in [5.74, 6) is 0.999. The molecule has 1 amide bonds. The molecule has 0 bridgehead atoms. The molecule has 3 aliphatic rings. The Morgan fingerprint density at radius 3 is 2.73 bits per heavy atom. The zero-order valence-corrected chi connectivity index (χ0v) is 15.7. The Morgan fingerprint density at radius 1 is 1.23 bits per heavy atom. The van der Waals surface area contributed by atoms with Gasteiger partial charge in [-0.1, -0.05) is 0 Å². The molecule has 3 aliphatic heterocycles. The monoisotopic (exact) mass is 360 g/mol. The summed E-state index contributed by atoms with van der Waals surface area (Å²) >= 11 is 0. The third-order valence-electron chi connectivity index (χ3n) is 5.91. The van der Waals surface area contributed by atoms with Gasteiger partial charge < -0.3 is 14.4 Å². The number of piperidine rings is 1. The minimum Gasteiger partial charge on any atom is -0.440 e. The van der Waals surface area contributed by atoms with Crippen LogP contribution in [0.15, 0.2) is 12.4 Å². The molecule has 0 radical (unpaired) electrons. The Balaban J connectivity index is 1.45. The van der Waals surface area contributed by atoms with E-state index in [9.17, 15) is 4.79 Å². The van der Waals surface area contributed by atoms with Crippen LogP contribution in [-0.2, 0) is 9.47 Å². The van der Waals surface area contributed by atoms with Crippen LogP contribution in [0.3, 0.4) is 0 Å². The van der Waals surface area contributed by atoms with Crippen LogP contribution in [0, 0.1) is 0 Å². The number of hydrogen-bond acceptors (Lipinski definition) is 6. The molecule has 1 spiro atoms. The first-order valence-electron chi connectivity index (χ1n) is 9.71. The van der Waals surface area contributed by atoms with Crippen LogP contribution < -0.4 is 4.90 Å². The Labute approximate surface area is 154 Å². The fourth-order valence-corrected chi connectivity index (χ4v) is 4.20. The molecule has 1 aromatic rings. The summed E-state index contributed by atoms with van der Waals surface area (Å²) in [6.07, 6.45) is 7.07.